The Hall–Kier alpha value is -1.12. The molecule has 118 valence electrons. The number of ether oxygens (including phenoxy) is 2. The number of rotatable bonds is 12. The van der Waals surface area contributed by atoms with Crippen molar-refractivity contribution in [1.82, 2.24) is 0 Å². The quantitative estimate of drug-likeness (QED) is 0.302. The molecule has 0 bridgehead atoms. The van der Waals surface area contributed by atoms with E-state index in [0.717, 1.165) is 51.7 Å². The molecule has 1 aromatic rings. The predicted octanol–water partition coefficient (Wildman–Crippen LogP) is 5.13. The van der Waals surface area contributed by atoms with Crippen LogP contribution in [0, 0.1) is 0 Å². The average Bonchev–Trinajstić information content (AvgIpc) is 2.52. The second-order valence-corrected chi connectivity index (χ2v) is 5.27. The SMILES string of the molecule is CCCCOC(C=CCCc1ccccc1)OCCCC. The largest absolute Gasteiger partial charge is 0.349 e. The van der Waals surface area contributed by atoms with E-state index in [2.05, 4.69) is 56.3 Å². The Morgan fingerprint density at radius 3 is 2.14 bits per heavy atom. The maximum atomic E-state index is 5.77. The third kappa shape index (κ3) is 9.43. The van der Waals surface area contributed by atoms with Gasteiger partial charge in [0.1, 0.15) is 0 Å². The zero-order valence-electron chi connectivity index (χ0n) is 13.6. The molecule has 0 amide bonds. The van der Waals surface area contributed by atoms with Gasteiger partial charge in [-0.15, -0.1) is 0 Å². The molecule has 1 rings (SSSR count). The molecule has 0 saturated carbocycles. The highest BCUT2D eigenvalue weighted by Gasteiger charge is 2.04. The van der Waals surface area contributed by atoms with Crippen LogP contribution in [0.25, 0.3) is 0 Å². The molecular formula is C19H30O2. The van der Waals surface area contributed by atoms with E-state index in [-0.39, 0.29) is 6.29 Å². The molecule has 0 aromatic heterocycles. The van der Waals surface area contributed by atoms with Gasteiger partial charge in [-0.1, -0.05) is 63.1 Å². The minimum atomic E-state index is -0.182. The summed E-state index contributed by atoms with van der Waals surface area (Å²) >= 11 is 0. The van der Waals surface area contributed by atoms with Gasteiger partial charge in [-0.3, -0.25) is 0 Å². The monoisotopic (exact) mass is 290 g/mol. The highest BCUT2D eigenvalue weighted by atomic mass is 16.7. The van der Waals surface area contributed by atoms with Crippen molar-refractivity contribution < 1.29 is 9.47 Å². The van der Waals surface area contributed by atoms with Crippen molar-refractivity contribution in [3.63, 3.8) is 0 Å². The fraction of sp³-hybridized carbons (Fsp3) is 0.579. The third-order valence-electron chi connectivity index (χ3n) is 3.30. The lowest BCUT2D eigenvalue weighted by molar-refractivity contribution is -0.112. The predicted molar refractivity (Wildman–Crippen MR) is 89.4 cm³/mol. The van der Waals surface area contributed by atoms with Crippen molar-refractivity contribution in [3.8, 4) is 0 Å². The molecule has 2 nitrogen and oxygen atoms in total. The second kappa shape index (κ2) is 12.6. The van der Waals surface area contributed by atoms with Crippen molar-refractivity contribution in [1.29, 1.82) is 0 Å². The molecule has 0 saturated heterocycles. The van der Waals surface area contributed by atoms with E-state index in [4.69, 9.17) is 9.47 Å². The molecule has 0 heterocycles. The lowest BCUT2D eigenvalue weighted by Gasteiger charge is -2.15. The summed E-state index contributed by atoms with van der Waals surface area (Å²) in [4.78, 5) is 0. The Kier molecular flexibility index (Phi) is 10.8. The molecule has 0 radical (unpaired) electrons. The van der Waals surface area contributed by atoms with Gasteiger partial charge >= 0.3 is 0 Å². The Balaban J connectivity index is 2.29. The molecule has 0 aliphatic rings. The standard InChI is InChI=1S/C19H30O2/c1-3-5-16-20-19(21-17-6-4-2)15-11-10-14-18-12-8-7-9-13-18/h7-9,11-13,15,19H,3-6,10,14,16-17H2,1-2H3. The van der Waals surface area contributed by atoms with Gasteiger partial charge in [0.2, 0.25) is 0 Å². The van der Waals surface area contributed by atoms with Crippen molar-refractivity contribution in [2.75, 3.05) is 13.2 Å². The minimum Gasteiger partial charge on any atom is -0.349 e. The van der Waals surface area contributed by atoms with E-state index in [1.165, 1.54) is 5.56 Å². The summed E-state index contributed by atoms with van der Waals surface area (Å²) in [6, 6.07) is 10.6. The molecule has 0 N–H and O–H groups in total. The third-order valence-corrected chi connectivity index (χ3v) is 3.30. The number of hydrogen-bond acceptors (Lipinski definition) is 2. The number of benzene rings is 1. The van der Waals surface area contributed by atoms with Crippen LogP contribution < -0.4 is 0 Å². The maximum Gasteiger partial charge on any atom is 0.176 e. The van der Waals surface area contributed by atoms with Crippen LogP contribution >= 0.6 is 0 Å². The first-order chi connectivity index (χ1) is 10.4. The van der Waals surface area contributed by atoms with Crippen molar-refractivity contribution in [2.24, 2.45) is 0 Å². The molecule has 2 heteroatoms. The summed E-state index contributed by atoms with van der Waals surface area (Å²) < 4.78 is 11.5. The first-order valence-corrected chi connectivity index (χ1v) is 8.30. The van der Waals surface area contributed by atoms with E-state index in [9.17, 15) is 0 Å². The smallest absolute Gasteiger partial charge is 0.176 e. The van der Waals surface area contributed by atoms with Crippen LogP contribution in [-0.2, 0) is 15.9 Å². The molecule has 0 aliphatic carbocycles. The van der Waals surface area contributed by atoms with Gasteiger partial charge < -0.3 is 9.47 Å². The summed E-state index contributed by atoms with van der Waals surface area (Å²) in [7, 11) is 0. The molecule has 0 aliphatic heterocycles. The number of unbranched alkanes of at least 4 members (excludes halogenated alkanes) is 2. The highest BCUT2D eigenvalue weighted by molar-refractivity contribution is 5.15. The highest BCUT2D eigenvalue weighted by Crippen LogP contribution is 2.06. The van der Waals surface area contributed by atoms with Gasteiger partial charge in [0, 0.05) is 0 Å². The Bertz CT molecular complexity index is 349. The zero-order valence-corrected chi connectivity index (χ0v) is 13.6. The first-order valence-electron chi connectivity index (χ1n) is 8.30. The lowest BCUT2D eigenvalue weighted by Crippen LogP contribution is -2.16. The average molecular weight is 290 g/mol. The molecule has 21 heavy (non-hydrogen) atoms. The fourth-order valence-corrected chi connectivity index (χ4v) is 1.95. The van der Waals surface area contributed by atoms with Gasteiger partial charge in [0.15, 0.2) is 6.29 Å². The molecule has 0 atom stereocenters. The van der Waals surface area contributed by atoms with Gasteiger partial charge in [-0.25, -0.2) is 0 Å². The second-order valence-electron chi connectivity index (χ2n) is 5.27. The Morgan fingerprint density at radius 2 is 1.57 bits per heavy atom. The number of aryl methyl sites for hydroxylation is 1. The summed E-state index contributed by atoms with van der Waals surface area (Å²) in [5.41, 5.74) is 1.37. The van der Waals surface area contributed by atoms with Crippen LogP contribution in [0.1, 0.15) is 51.5 Å². The summed E-state index contributed by atoms with van der Waals surface area (Å²) in [6.07, 6.45) is 10.6. The van der Waals surface area contributed by atoms with E-state index < -0.39 is 0 Å². The van der Waals surface area contributed by atoms with Crippen molar-refractivity contribution >= 4 is 0 Å². The Morgan fingerprint density at radius 1 is 0.952 bits per heavy atom. The van der Waals surface area contributed by atoms with Crippen LogP contribution in [0.15, 0.2) is 42.5 Å². The van der Waals surface area contributed by atoms with Crippen molar-refractivity contribution in [3.05, 3.63) is 48.0 Å². The normalized spacial score (nSPS) is 11.6. The van der Waals surface area contributed by atoms with E-state index in [1.807, 2.05) is 0 Å². The topological polar surface area (TPSA) is 18.5 Å². The summed E-state index contributed by atoms with van der Waals surface area (Å²) in [5.74, 6) is 0. The van der Waals surface area contributed by atoms with Crippen LogP contribution in [0.3, 0.4) is 0 Å². The Labute approximate surface area is 130 Å². The molecule has 1 aromatic carbocycles. The maximum absolute atomic E-state index is 5.77. The van der Waals surface area contributed by atoms with Gasteiger partial charge in [0.25, 0.3) is 0 Å². The fourth-order valence-electron chi connectivity index (χ4n) is 1.95. The lowest BCUT2D eigenvalue weighted by atomic mass is 10.1. The van der Waals surface area contributed by atoms with Crippen LogP contribution in [0.4, 0.5) is 0 Å². The van der Waals surface area contributed by atoms with E-state index >= 15 is 0 Å². The number of hydrogen-bond donors (Lipinski definition) is 0. The van der Waals surface area contributed by atoms with Crippen LogP contribution in [0.2, 0.25) is 0 Å². The zero-order chi connectivity index (χ0) is 15.2. The van der Waals surface area contributed by atoms with E-state index in [1.54, 1.807) is 0 Å². The molecule has 0 spiro atoms. The van der Waals surface area contributed by atoms with Crippen LogP contribution in [0.5, 0.6) is 0 Å². The van der Waals surface area contributed by atoms with E-state index in [0.29, 0.717) is 0 Å². The summed E-state index contributed by atoms with van der Waals surface area (Å²) in [6.45, 7) is 5.89. The van der Waals surface area contributed by atoms with Gasteiger partial charge in [-0.2, -0.15) is 0 Å². The molecule has 0 fully saturated rings. The molecule has 0 unspecified atom stereocenters. The van der Waals surface area contributed by atoms with Crippen LogP contribution in [-0.4, -0.2) is 19.5 Å². The first kappa shape index (κ1) is 17.9. The summed E-state index contributed by atoms with van der Waals surface area (Å²) in [5, 5.41) is 0. The number of allylic oxidation sites excluding steroid dienone is 1. The van der Waals surface area contributed by atoms with Crippen molar-refractivity contribution in [2.45, 2.75) is 58.7 Å². The van der Waals surface area contributed by atoms with Gasteiger partial charge in [-0.05, 0) is 37.3 Å². The minimum absolute atomic E-state index is 0.182. The molecular weight excluding hydrogens is 260 g/mol. The van der Waals surface area contributed by atoms with Gasteiger partial charge in [0.05, 0.1) is 13.2 Å².